The summed E-state index contributed by atoms with van der Waals surface area (Å²) in [6, 6.07) is 0.651. The van der Waals surface area contributed by atoms with Gasteiger partial charge in [-0.2, -0.15) is 0 Å². The maximum Gasteiger partial charge on any atom is 0.0445 e. The molecule has 0 radical (unpaired) electrons. The zero-order valence-electron chi connectivity index (χ0n) is 9.62. The van der Waals surface area contributed by atoms with Crippen molar-refractivity contribution in [2.24, 2.45) is 0 Å². The van der Waals surface area contributed by atoms with Crippen molar-refractivity contribution in [2.45, 2.75) is 51.0 Å². The first kappa shape index (κ1) is 11.2. The molecule has 1 heterocycles. The molecule has 0 aromatic carbocycles. The fourth-order valence-electron chi connectivity index (χ4n) is 2.89. The van der Waals surface area contributed by atoms with Crippen LogP contribution in [0, 0.1) is 0 Å². The van der Waals surface area contributed by atoms with Gasteiger partial charge in [0.05, 0.1) is 0 Å². The minimum atomic E-state index is 0.347. The highest BCUT2D eigenvalue weighted by Crippen LogP contribution is 2.24. The third-order valence-electron chi connectivity index (χ3n) is 3.75. The zero-order chi connectivity index (χ0) is 10.5. The normalized spacial score (nSPS) is 28.1. The van der Waals surface area contributed by atoms with Crippen LogP contribution < -0.4 is 0 Å². The number of aliphatic hydroxyl groups excluding tert-OH is 1. The molecule has 2 nitrogen and oxygen atoms in total. The highest BCUT2D eigenvalue weighted by Gasteiger charge is 2.24. The van der Waals surface area contributed by atoms with Crippen LogP contribution in [-0.4, -0.2) is 35.7 Å². The summed E-state index contributed by atoms with van der Waals surface area (Å²) in [4.78, 5) is 2.58. The summed E-state index contributed by atoms with van der Waals surface area (Å²) in [5, 5.41) is 9.01. The van der Waals surface area contributed by atoms with E-state index in [1.807, 2.05) is 0 Å². The van der Waals surface area contributed by atoms with E-state index in [0.29, 0.717) is 12.6 Å². The van der Waals surface area contributed by atoms with E-state index in [-0.39, 0.29) is 0 Å². The van der Waals surface area contributed by atoms with E-state index in [9.17, 15) is 0 Å². The lowest BCUT2D eigenvalue weighted by atomic mass is 9.99. The smallest absolute Gasteiger partial charge is 0.0445 e. The Kier molecular flexibility index (Phi) is 4.21. The number of hydrogen-bond donors (Lipinski definition) is 1. The lowest BCUT2D eigenvalue weighted by Crippen LogP contribution is -2.32. The summed E-state index contributed by atoms with van der Waals surface area (Å²) in [5.41, 5.74) is 1.64. The molecule has 0 bridgehead atoms. The molecular formula is C13H23NO. The van der Waals surface area contributed by atoms with Gasteiger partial charge in [-0.3, -0.25) is 4.90 Å². The van der Waals surface area contributed by atoms with Crippen LogP contribution in [0.15, 0.2) is 11.6 Å². The Morgan fingerprint density at radius 1 is 1.33 bits per heavy atom. The number of hydrogen-bond acceptors (Lipinski definition) is 2. The molecule has 0 spiro atoms. The van der Waals surface area contributed by atoms with Crippen LogP contribution >= 0.6 is 0 Å². The number of likely N-dealkylation sites (tertiary alicyclic amines) is 1. The molecule has 1 N–H and O–H groups in total. The molecule has 86 valence electrons. The molecule has 2 heteroatoms. The second-order valence-corrected chi connectivity index (χ2v) is 4.89. The largest absolute Gasteiger partial charge is 0.396 e. The summed E-state index contributed by atoms with van der Waals surface area (Å²) < 4.78 is 0. The van der Waals surface area contributed by atoms with Crippen LogP contribution in [0.1, 0.15) is 44.9 Å². The summed E-state index contributed by atoms with van der Waals surface area (Å²) >= 11 is 0. The van der Waals surface area contributed by atoms with Gasteiger partial charge in [0.2, 0.25) is 0 Å². The third-order valence-corrected chi connectivity index (χ3v) is 3.75. The van der Waals surface area contributed by atoms with Gasteiger partial charge >= 0.3 is 0 Å². The first-order valence-electron chi connectivity index (χ1n) is 6.43. The second kappa shape index (κ2) is 5.66. The molecule has 1 aliphatic heterocycles. The predicted octanol–water partition coefficient (Wildman–Crippen LogP) is 2.33. The Hall–Kier alpha value is -0.340. The van der Waals surface area contributed by atoms with Crippen LogP contribution in [0.2, 0.25) is 0 Å². The fourth-order valence-corrected chi connectivity index (χ4v) is 2.89. The molecule has 1 unspecified atom stereocenters. The molecule has 15 heavy (non-hydrogen) atoms. The zero-order valence-corrected chi connectivity index (χ0v) is 9.62. The highest BCUT2D eigenvalue weighted by molar-refractivity contribution is 5.08. The van der Waals surface area contributed by atoms with Crippen molar-refractivity contribution in [1.82, 2.24) is 4.90 Å². The molecule has 1 aliphatic carbocycles. The van der Waals surface area contributed by atoms with Gasteiger partial charge in [0, 0.05) is 19.2 Å². The van der Waals surface area contributed by atoms with Crippen molar-refractivity contribution >= 4 is 0 Å². The van der Waals surface area contributed by atoms with Crippen molar-refractivity contribution in [1.29, 1.82) is 0 Å². The first-order chi connectivity index (χ1) is 7.40. The van der Waals surface area contributed by atoms with Crippen LogP contribution in [0.4, 0.5) is 0 Å². The minimum absolute atomic E-state index is 0.347. The molecule has 1 fully saturated rings. The van der Waals surface area contributed by atoms with Crippen molar-refractivity contribution in [3.8, 4) is 0 Å². The van der Waals surface area contributed by atoms with Gasteiger partial charge in [-0.25, -0.2) is 0 Å². The van der Waals surface area contributed by atoms with Crippen LogP contribution in [0.5, 0.6) is 0 Å². The first-order valence-corrected chi connectivity index (χ1v) is 6.43. The van der Waals surface area contributed by atoms with Gasteiger partial charge in [0.1, 0.15) is 0 Å². The van der Waals surface area contributed by atoms with Crippen LogP contribution in [0.25, 0.3) is 0 Å². The van der Waals surface area contributed by atoms with Crippen LogP contribution in [0.3, 0.4) is 0 Å². The molecule has 2 rings (SSSR count). The van der Waals surface area contributed by atoms with Gasteiger partial charge in [-0.15, -0.1) is 0 Å². The fraction of sp³-hybridized carbons (Fsp3) is 0.846. The number of aliphatic hydroxyl groups is 1. The van der Waals surface area contributed by atoms with Gasteiger partial charge in [-0.05, 0) is 51.5 Å². The van der Waals surface area contributed by atoms with Gasteiger partial charge in [0.15, 0.2) is 0 Å². The molecule has 2 aliphatic rings. The summed E-state index contributed by atoms with van der Waals surface area (Å²) in [6.07, 6.45) is 11.4. The molecule has 0 amide bonds. The Balaban J connectivity index is 1.84. The van der Waals surface area contributed by atoms with Crippen molar-refractivity contribution < 1.29 is 5.11 Å². The minimum Gasteiger partial charge on any atom is -0.396 e. The van der Waals surface area contributed by atoms with E-state index in [4.69, 9.17) is 5.11 Å². The maximum absolute atomic E-state index is 9.01. The van der Waals surface area contributed by atoms with Crippen LogP contribution in [-0.2, 0) is 0 Å². The highest BCUT2D eigenvalue weighted by atomic mass is 16.3. The molecule has 1 saturated heterocycles. The Bertz CT molecular complexity index is 225. The number of rotatable bonds is 4. The number of nitrogens with zero attached hydrogens (tertiary/aromatic N) is 1. The predicted molar refractivity (Wildman–Crippen MR) is 62.8 cm³/mol. The van der Waals surface area contributed by atoms with Gasteiger partial charge in [0.25, 0.3) is 0 Å². The molecule has 0 saturated carbocycles. The molecule has 1 atom stereocenters. The monoisotopic (exact) mass is 209 g/mol. The Labute approximate surface area is 93.0 Å². The summed E-state index contributed by atoms with van der Waals surface area (Å²) in [7, 11) is 0. The van der Waals surface area contributed by atoms with E-state index >= 15 is 0 Å². The Morgan fingerprint density at radius 3 is 3.00 bits per heavy atom. The SMILES string of the molecule is OCCC1CCCN1CC1=CCCCC1. The lowest BCUT2D eigenvalue weighted by Gasteiger charge is -2.26. The van der Waals surface area contributed by atoms with Crippen molar-refractivity contribution in [2.75, 3.05) is 19.7 Å². The lowest BCUT2D eigenvalue weighted by molar-refractivity contribution is 0.203. The molecule has 0 aromatic heterocycles. The second-order valence-electron chi connectivity index (χ2n) is 4.89. The third kappa shape index (κ3) is 3.05. The average molecular weight is 209 g/mol. The maximum atomic E-state index is 9.01. The summed E-state index contributed by atoms with van der Waals surface area (Å²) in [6.45, 7) is 2.76. The van der Waals surface area contributed by atoms with E-state index in [2.05, 4.69) is 11.0 Å². The molecular weight excluding hydrogens is 186 g/mol. The molecule has 0 aromatic rings. The van der Waals surface area contributed by atoms with Crippen molar-refractivity contribution in [3.05, 3.63) is 11.6 Å². The van der Waals surface area contributed by atoms with E-state index in [0.717, 1.165) is 6.42 Å². The van der Waals surface area contributed by atoms with E-state index < -0.39 is 0 Å². The standard InChI is InChI=1S/C13H23NO/c15-10-8-13-7-4-9-14(13)11-12-5-2-1-3-6-12/h5,13,15H,1-4,6-11H2. The van der Waals surface area contributed by atoms with E-state index in [1.54, 1.807) is 5.57 Å². The van der Waals surface area contributed by atoms with Gasteiger partial charge < -0.3 is 5.11 Å². The Morgan fingerprint density at radius 2 is 2.27 bits per heavy atom. The summed E-state index contributed by atoms with van der Waals surface area (Å²) in [5.74, 6) is 0. The quantitative estimate of drug-likeness (QED) is 0.718. The van der Waals surface area contributed by atoms with E-state index in [1.165, 1.54) is 51.6 Å². The average Bonchev–Trinajstić information content (AvgIpc) is 2.68. The van der Waals surface area contributed by atoms with Crippen molar-refractivity contribution in [3.63, 3.8) is 0 Å². The number of allylic oxidation sites excluding steroid dienone is 1. The van der Waals surface area contributed by atoms with Gasteiger partial charge in [-0.1, -0.05) is 11.6 Å². The topological polar surface area (TPSA) is 23.5 Å².